The largest absolute Gasteiger partial charge is 0.497 e. The van der Waals surface area contributed by atoms with Crippen molar-refractivity contribution >= 4 is 37.3 Å². The number of nitrogens with zero attached hydrogens (tertiary/aromatic N) is 6. The summed E-state index contributed by atoms with van der Waals surface area (Å²) in [4.78, 5) is 40.1. The molecule has 1 aliphatic rings. The average Bonchev–Trinajstić information content (AvgIpc) is 1.59. The van der Waals surface area contributed by atoms with Crippen molar-refractivity contribution in [3.63, 3.8) is 0 Å². The molecule has 1 aliphatic heterocycles. The van der Waals surface area contributed by atoms with E-state index >= 15 is 0 Å². The van der Waals surface area contributed by atoms with Crippen LogP contribution in [-0.2, 0) is 43.1 Å². The van der Waals surface area contributed by atoms with Crippen LogP contribution in [0.2, 0.25) is 0 Å². The van der Waals surface area contributed by atoms with Crippen LogP contribution >= 0.6 is 8.53 Å². The second-order valence-electron chi connectivity index (χ2n) is 22.5. The molecule has 2 N–H and O–H groups in total. The highest BCUT2D eigenvalue weighted by Gasteiger charge is 2.52. The van der Waals surface area contributed by atoms with Crippen molar-refractivity contribution in [2.45, 2.75) is 173 Å². The summed E-state index contributed by atoms with van der Waals surface area (Å²) in [6, 6.07) is 36.5. The Morgan fingerprint density at radius 1 is 0.705 bits per heavy atom. The highest BCUT2D eigenvalue weighted by Crippen LogP contribution is 2.52. The van der Waals surface area contributed by atoms with Gasteiger partial charge in [0.15, 0.2) is 23.2 Å². The van der Waals surface area contributed by atoms with Crippen molar-refractivity contribution in [1.82, 2.24) is 29.5 Å². The van der Waals surface area contributed by atoms with Gasteiger partial charge in [-0.15, -0.1) is 0 Å². The maximum Gasteiger partial charge on any atom is 0.259 e. The third kappa shape index (κ3) is 20.0. The summed E-state index contributed by atoms with van der Waals surface area (Å²) in [5.41, 5.74) is 2.30. The third-order valence-electron chi connectivity index (χ3n) is 15.5. The fraction of sp³-hybridized carbons (Fsp3) is 0.529. The van der Waals surface area contributed by atoms with Gasteiger partial charge < -0.3 is 52.8 Å². The highest BCUT2D eigenvalue weighted by molar-refractivity contribution is 7.44. The number of hydrogen-bond donors (Lipinski definition) is 2. The number of anilines is 1. The third-order valence-corrected chi connectivity index (χ3v) is 17.6. The highest BCUT2D eigenvalue weighted by atomic mass is 31.2. The molecule has 0 bridgehead atoms. The van der Waals surface area contributed by atoms with Crippen LogP contribution < -0.4 is 20.1 Å². The fourth-order valence-electron chi connectivity index (χ4n) is 11.0. The summed E-state index contributed by atoms with van der Waals surface area (Å²) in [5.74, 6) is 1.21. The fourth-order valence-corrected chi connectivity index (χ4v) is 12.8. The van der Waals surface area contributed by atoms with Crippen LogP contribution in [-0.4, -0.2) is 127 Å². The lowest BCUT2D eigenvalue weighted by Gasteiger charge is -2.39. The first-order valence-corrected chi connectivity index (χ1v) is 32.6. The zero-order valence-corrected chi connectivity index (χ0v) is 53.6. The normalized spacial score (nSPS) is 16.3. The van der Waals surface area contributed by atoms with E-state index in [0.717, 1.165) is 29.5 Å². The van der Waals surface area contributed by atoms with Crippen LogP contribution in [0.3, 0.4) is 0 Å². The molecule has 88 heavy (non-hydrogen) atoms. The van der Waals surface area contributed by atoms with Gasteiger partial charge >= 0.3 is 0 Å². The van der Waals surface area contributed by atoms with Gasteiger partial charge in [-0.25, -0.2) is 19.6 Å². The Morgan fingerprint density at radius 3 is 1.88 bits per heavy atom. The number of fused-ring (bicyclic) bond motifs is 1. The zero-order valence-electron chi connectivity index (χ0n) is 52.7. The summed E-state index contributed by atoms with van der Waals surface area (Å²) >= 11 is 0. The molecule has 20 heteroatoms. The minimum Gasteiger partial charge on any atom is -0.497 e. The quantitative estimate of drug-likeness (QED) is 0.0158. The van der Waals surface area contributed by atoms with E-state index in [-0.39, 0.29) is 69.4 Å². The van der Waals surface area contributed by atoms with Crippen LogP contribution in [0.5, 0.6) is 11.5 Å². The van der Waals surface area contributed by atoms with E-state index in [1.165, 1.54) is 77.0 Å². The van der Waals surface area contributed by atoms with Crippen molar-refractivity contribution in [2.75, 3.05) is 65.9 Å². The van der Waals surface area contributed by atoms with Crippen LogP contribution in [0.4, 0.5) is 5.82 Å². The van der Waals surface area contributed by atoms with Gasteiger partial charge in [-0.3, -0.25) is 14.2 Å². The minimum absolute atomic E-state index is 0.0340. The number of nitriles is 1. The summed E-state index contributed by atoms with van der Waals surface area (Å²) in [5, 5.41) is 15.6. The van der Waals surface area contributed by atoms with Crippen molar-refractivity contribution in [2.24, 2.45) is 0 Å². The molecule has 2 aromatic heterocycles. The molecule has 1 unspecified atom stereocenters. The molecule has 1 fully saturated rings. The summed E-state index contributed by atoms with van der Waals surface area (Å²) in [6.07, 6.45) is 16.1. The Bertz CT molecular complexity index is 2930. The lowest BCUT2D eigenvalue weighted by molar-refractivity contribution is -0.142. The second-order valence-corrected chi connectivity index (χ2v) is 23.9. The van der Waals surface area contributed by atoms with E-state index in [9.17, 15) is 14.9 Å². The predicted molar refractivity (Wildman–Crippen MR) is 342 cm³/mol. The molecule has 0 radical (unpaired) electrons. The van der Waals surface area contributed by atoms with E-state index in [0.29, 0.717) is 47.8 Å². The van der Waals surface area contributed by atoms with Gasteiger partial charge in [0.1, 0.15) is 48.5 Å². The molecule has 3 heterocycles. The molecule has 2 amide bonds. The standard InChI is InChI=1S/C68H93N8O11P/c1-8-9-10-11-12-13-14-15-16-17-18-19-26-32-60(77)70-42-44-81-45-46-82-50-83-63-62(87-88(85-43-27-41-69)76(51(2)3)52(4)5)59(86-67(63)75-49-73-61-64(71-48-72-65(61)75)74-66(78)53-28-22-20-23-29-53)47-84-68(54-30-24-21-25-31-54,55-33-37-57(79-6)38-34-55)56-35-39-58(80-7)40-36-56/h20-25,28-31,33-40,48-49,51-52,59,62-63,67H,8-19,26-27,32,42-47,50H2,1-7H3,(H,70,77)(H,71,72,74,78)/t59-,62-,63-,67-,88?/m1/s1. The molecule has 5 atom stereocenters. The van der Waals surface area contributed by atoms with Crippen molar-refractivity contribution in [3.05, 3.63) is 144 Å². The zero-order chi connectivity index (χ0) is 62.4. The number of ether oxygens (including phenoxy) is 7. The molecule has 0 aliphatic carbocycles. The lowest BCUT2D eigenvalue weighted by Crippen LogP contribution is -2.43. The van der Waals surface area contributed by atoms with Crippen LogP contribution in [0.25, 0.3) is 11.2 Å². The molecule has 476 valence electrons. The van der Waals surface area contributed by atoms with Gasteiger partial charge in [0.05, 0.1) is 66.1 Å². The summed E-state index contributed by atoms with van der Waals surface area (Å²) in [6.45, 7) is 11.5. The number of carbonyl (C=O) groups is 2. The monoisotopic (exact) mass is 1230 g/mol. The number of carbonyl (C=O) groups excluding carboxylic acids is 2. The maximum atomic E-state index is 13.5. The number of methoxy groups -OCH3 is 2. The molecule has 1 saturated heterocycles. The molecule has 0 spiro atoms. The van der Waals surface area contributed by atoms with E-state index in [2.05, 4.69) is 61.0 Å². The van der Waals surface area contributed by atoms with Crippen LogP contribution in [0.1, 0.15) is 164 Å². The van der Waals surface area contributed by atoms with E-state index in [4.69, 9.17) is 52.2 Å². The minimum atomic E-state index is -1.91. The number of aromatic nitrogens is 4. The van der Waals surface area contributed by atoms with Gasteiger partial charge in [0.25, 0.3) is 14.4 Å². The van der Waals surface area contributed by atoms with E-state index < -0.39 is 38.7 Å². The number of nitrogens with one attached hydrogen (secondary N) is 2. The van der Waals surface area contributed by atoms with Gasteiger partial charge in [-0.2, -0.15) is 5.26 Å². The first-order chi connectivity index (χ1) is 43.0. The summed E-state index contributed by atoms with van der Waals surface area (Å²) < 4.78 is 62.9. The predicted octanol–water partition coefficient (Wildman–Crippen LogP) is 13.6. The van der Waals surface area contributed by atoms with Crippen LogP contribution in [0.15, 0.2) is 122 Å². The average molecular weight is 1230 g/mol. The molecular formula is C68H93N8O11P. The molecule has 19 nitrogen and oxygen atoms in total. The van der Waals surface area contributed by atoms with Crippen molar-refractivity contribution < 1.29 is 51.8 Å². The van der Waals surface area contributed by atoms with E-state index in [1.54, 1.807) is 49.4 Å². The molecule has 6 aromatic rings. The number of unbranched alkanes of at least 4 members (excludes halogenated alkanes) is 12. The van der Waals surface area contributed by atoms with E-state index in [1.807, 2.05) is 84.9 Å². The van der Waals surface area contributed by atoms with Gasteiger partial charge in [0.2, 0.25) is 5.91 Å². The maximum absolute atomic E-state index is 13.5. The first kappa shape index (κ1) is 69.1. The lowest BCUT2D eigenvalue weighted by atomic mass is 9.80. The summed E-state index contributed by atoms with van der Waals surface area (Å²) in [7, 11) is 1.36. The Hall–Kier alpha value is -6.43. The van der Waals surface area contributed by atoms with Gasteiger partial charge in [-0.1, -0.05) is 157 Å². The molecule has 4 aromatic carbocycles. The Morgan fingerprint density at radius 2 is 1.28 bits per heavy atom. The first-order valence-electron chi connectivity index (χ1n) is 31.5. The molecule has 0 saturated carbocycles. The van der Waals surface area contributed by atoms with Gasteiger partial charge in [-0.05, 0) is 87.2 Å². The molecule has 7 rings (SSSR count). The Balaban J connectivity index is 1.12. The van der Waals surface area contributed by atoms with Crippen molar-refractivity contribution in [1.29, 1.82) is 5.26 Å². The molecular weight excluding hydrogens is 1140 g/mol. The number of imidazole rings is 1. The number of amides is 2. The Labute approximate surface area is 522 Å². The second kappa shape index (κ2) is 37.5. The topological polar surface area (TPSA) is 212 Å². The Kier molecular flexibility index (Phi) is 29.5. The van der Waals surface area contributed by atoms with Gasteiger partial charge in [0, 0.05) is 30.6 Å². The van der Waals surface area contributed by atoms with Crippen molar-refractivity contribution in [3.8, 4) is 17.6 Å². The number of benzene rings is 4. The number of rotatable bonds is 42. The number of hydrogen-bond acceptors (Lipinski definition) is 16. The van der Waals surface area contributed by atoms with Crippen LogP contribution in [0, 0.1) is 11.3 Å². The smallest absolute Gasteiger partial charge is 0.259 e. The SMILES string of the molecule is CCCCCCCCCCCCCCCC(=O)NCCOCCOCO[C@@H]1[C@H](OP(OCCC#N)N(C(C)C)C(C)C)[C@@H](COC(c2ccccc2)(c2ccc(OC)cc2)c2ccc(OC)cc2)O[C@H]1n1cnc2c(NC(=O)c3ccccc3)ncnc21.